The van der Waals surface area contributed by atoms with E-state index < -0.39 is 0 Å². The smallest absolute Gasteiger partial charge is 0.251 e. The molecule has 0 bridgehead atoms. The SMILES string of the molecule is c1cnc2c(c1)C[n+]1c-2sc2nc3ccccn3c21. The Hall–Kier alpha value is -2.27. The van der Waals surface area contributed by atoms with E-state index in [0.717, 1.165) is 22.7 Å². The number of imidazole rings is 1. The zero-order valence-electron chi connectivity index (χ0n) is 9.95. The van der Waals surface area contributed by atoms with Gasteiger partial charge in [-0.1, -0.05) is 23.5 Å². The van der Waals surface area contributed by atoms with Crippen LogP contribution in [0.2, 0.25) is 0 Å². The van der Waals surface area contributed by atoms with Crippen LogP contribution in [0.3, 0.4) is 0 Å². The van der Waals surface area contributed by atoms with Crippen LogP contribution >= 0.6 is 11.3 Å². The predicted octanol–water partition coefficient (Wildman–Crippen LogP) is 2.26. The predicted molar refractivity (Wildman–Crippen MR) is 73.1 cm³/mol. The van der Waals surface area contributed by atoms with E-state index in [0.29, 0.717) is 0 Å². The molecule has 0 radical (unpaired) electrons. The van der Waals surface area contributed by atoms with Crippen LogP contribution in [0.1, 0.15) is 5.56 Å². The summed E-state index contributed by atoms with van der Waals surface area (Å²) < 4.78 is 4.47. The fourth-order valence-electron chi connectivity index (χ4n) is 2.77. The van der Waals surface area contributed by atoms with E-state index in [1.807, 2.05) is 30.5 Å². The van der Waals surface area contributed by atoms with Crippen LogP contribution in [-0.4, -0.2) is 14.4 Å². The van der Waals surface area contributed by atoms with Gasteiger partial charge in [0, 0.05) is 17.8 Å². The van der Waals surface area contributed by atoms with Crippen LogP contribution in [0.4, 0.5) is 0 Å². The topological polar surface area (TPSA) is 34.1 Å². The number of aromatic nitrogens is 4. The number of nitrogens with zero attached hydrogens (tertiary/aromatic N) is 4. The zero-order chi connectivity index (χ0) is 12.4. The van der Waals surface area contributed by atoms with Crippen molar-refractivity contribution in [2.45, 2.75) is 6.54 Å². The summed E-state index contributed by atoms with van der Waals surface area (Å²) in [6.45, 7) is 0.890. The Morgan fingerprint density at radius 1 is 1.21 bits per heavy atom. The number of fused-ring (bicyclic) bond motifs is 7. The molecule has 0 N–H and O–H groups in total. The molecule has 0 saturated heterocycles. The minimum absolute atomic E-state index is 0.890. The second-order valence-corrected chi connectivity index (χ2v) is 5.65. The number of hydrogen-bond acceptors (Lipinski definition) is 3. The molecule has 0 aromatic carbocycles. The highest BCUT2D eigenvalue weighted by atomic mass is 32.1. The van der Waals surface area contributed by atoms with Crippen molar-refractivity contribution < 1.29 is 4.57 Å². The number of thiazole rings is 1. The van der Waals surface area contributed by atoms with E-state index >= 15 is 0 Å². The minimum atomic E-state index is 0.890. The lowest BCUT2D eigenvalue weighted by Crippen LogP contribution is -2.31. The van der Waals surface area contributed by atoms with Crippen molar-refractivity contribution in [2.75, 3.05) is 0 Å². The molecule has 5 heteroatoms. The van der Waals surface area contributed by atoms with Crippen LogP contribution in [0.25, 0.3) is 26.8 Å². The summed E-state index contributed by atoms with van der Waals surface area (Å²) in [6, 6.07) is 10.3. The third kappa shape index (κ3) is 1.11. The van der Waals surface area contributed by atoms with Crippen LogP contribution in [0.5, 0.6) is 0 Å². The van der Waals surface area contributed by atoms with Crippen LogP contribution in [-0.2, 0) is 6.54 Å². The van der Waals surface area contributed by atoms with Gasteiger partial charge in [0.05, 0.1) is 6.20 Å². The molecule has 4 aromatic rings. The Morgan fingerprint density at radius 3 is 3.21 bits per heavy atom. The summed E-state index contributed by atoms with van der Waals surface area (Å²) >= 11 is 1.72. The largest absolute Gasteiger partial charge is 0.326 e. The van der Waals surface area contributed by atoms with E-state index in [9.17, 15) is 0 Å². The first-order valence-electron chi connectivity index (χ1n) is 6.15. The molecule has 0 aliphatic carbocycles. The Bertz CT molecular complexity index is 951. The molecule has 0 unspecified atom stereocenters. The minimum Gasteiger partial charge on any atom is -0.251 e. The van der Waals surface area contributed by atoms with Gasteiger partial charge in [-0.15, -0.1) is 0 Å². The Morgan fingerprint density at radius 2 is 2.21 bits per heavy atom. The van der Waals surface area contributed by atoms with E-state index in [4.69, 9.17) is 0 Å². The lowest BCUT2D eigenvalue weighted by Gasteiger charge is -1.91. The van der Waals surface area contributed by atoms with Gasteiger partial charge >= 0.3 is 5.65 Å². The fourth-order valence-corrected chi connectivity index (χ4v) is 3.93. The normalized spacial score (nSPS) is 13.1. The van der Waals surface area contributed by atoms with Crippen LogP contribution < -0.4 is 4.57 Å². The lowest BCUT2D eigenvalue weighted by atomic mass is 10.2. The molecule has 5 heterocycles. The van der Waals surface area contributed by atoms with Crippen molar-refractivity contribution >= 4 is 27.5 Å². The van der Waals surface area contributed by atoms with Gasteiger partial charge in [-0.2, -0.15) is 9.38 Å². The maximum absolute atomic E-state index is 4.68. The molecule has 0 amide bonds. The average molecular weight is 265 g/mol. The van der Waals surface area contributed by atoms with Gasteiger partial charge in [-0.25, -0.2) is 4.57 Å². The number of hydrogen-bond donors (Lipinski definition) is 0. The van der Waals surface area contributed by atoms with E-state index in [2.05, 4.69) is 31.2 Å². The van der Waals surface area contributed by atoms with Crippen molar-refractivity contribution in [3.63, 3.8) is 0 Å². The molecule has 0 saturated carbocycles. The van der Waals surface area contributed by atoms with Gasteiger partial charge in [0.1, 0.15) is 12.2 Å². The third-order valence-corrected chi connectivity index (χ3v) is 4.66. The van der Waals surface area contributed by atoms with Crippen molar-refractivity contribution in [2.24, 2.45) is 0 Å². The van der Waals surface area contributed by atoms with E-state index in [1.165, 1.54) is 16.2 Å². The molecular formula is C14H9N4S+. The molecular weight excluding hydrogens is 256 g/mol. The molecule has 1 aliphatic rings. The van der Waals surface area contributed by atoms with Gasteiger partial charge in [-0.3, -0.25) is 4.98 Å². The second kappa shape index (κ2) is 3.19. The monoisotopic (exact) mass is 265 g/mol. The molecule has 19 heavy (non-hydrogen) atoms. The van der Waals surface area contributed by atoms with Crippen molar-refractivity contribution in [1.82, 2.24) is 14.4 Å². The molecule has 0 atom stereocenters. The average Bonchev–Trinajstić information content (AvgIpc) is 3.05. The van der Waals surface area contributed by atoms with Crippen LogP contribution in [0, 0.1) is 0 Å². The van der Waals surface area contributed by atoms with E-state index in [-0.39, 0.29) is 0 Å². The molecule has 0 fully saturated rings. The first kappa shape index (κ1) is 9.63. The van der Waals surface area contributed by atoms with E-state index in [1.54, 1.807) is 11.3 Å². The summed E-state index contributed by atoms with van der Waals surface area (Å²) in [4.78, 5) is 10.3. The fraction of sp³-hybridized carbons (Fsp3) is 0.0714. The quantitative estimate of drug-likeness (QED) is 0.402. The molecule has 90 valence electrons. The van der Waals surface area contributed by atoms with Crippen molar-refractivity contribution in [1.29, 1.82) is 0 Å². The molecule has 4 nitrogen and oxygen atoms in total. The molecule has 5 rings (SSSR count). The molecule has 4 aromatic heterocycles. The lowest BCUT2D eigenvalue weighted by molar-refractivity contribution is -0.644. The van der Waals surface area contributed by atoms with Crippen molar-refractivity contribution in [3.05, 3.63) is 48.3 Å². The van der Waals surface area contributed by atoms with Gasteiger partial charge in [0.15, 0.2) is 0 Å². The number of pyridine rings is 2. The Balaban J connectivity index is 1.94. The Labute approximate surface area is 112 Å². The maximum Gasteiger partial charge on any atom is 0.326 e. The summed E-state index contributed by atoms with van der Waals surface area (Å²) in [6.07, 6.45) is 3.93. The first-order chi connectivity index (χ1) is 9.42. The Kier molecular flexibility index (Phi) is 1.62. The van der Waals surface area contributed by atoms with Gasteiger partial charge in [0.2, 0.25) is 15.5 Å². The highest BCUT2D eigenvalue weighted by Crippen LogP contribution is 2.33. The second-order valence-electron chi connectivity index (χ2n) is 4.67. The molecule has 1 aliphatic heterocycles. The summed E-state index contributed by atoms with van der Waals surface area (Å²) in [5, 5.41) is 1.21. The highest BCUT2D eigenvalue weighted by molar-refractivity contribution is 7.20. The van der Waals surface area contributed by atoms with Crippen molar-refractivity contribution in [3.8, 4) is 10.7 Å². The third-order valence-electron chi connectivity index (χ3n) is 3.59. The molecule has 0 spiro atoms. The summed E-state index contributed by atoms with van der Waals surface area (Å²) in [5.74, 6) is 0. The standard InChI is InChI=1S/C14H9N4S/c1-2-7-17-10(5-1)16-12-13(17)18-8-9-4-3-6-15-11(9)14(18)19-12/h1-7H,8H2/q+1. The van der Waals surface area contributed by atoms with Gasteiger partial charge in [-0.05, 0) is 12.1 Å². The van der Waals surface area contributed by atoms with Gasteiger partial charge < -0.3 is 0 Å². The summed E-state index contributed by atoms with van der Waals surface area (Å²) in [7, 11) is 0. The number of rotatable bonds is 0. The van der Waals surface area contributed by atoms with Crippen LogP contribution in [0.15, 0.2) is 42.7 Å². The summed E-state index contributed by atoms with van der Waals surface area (Å²) in [5.41, 5.74) is 4.58. The van der Waals surface area contributed by atoms with Gasteiger partial charge in [0.25, 0.3) is 0 Å². The zero-order valence-corrected chi connectivity index (χ0v) is 10.8. The first-order valence-corrected chi connectivity index (χ1v) is 6.97. The highest BCUT2D eigenvalue weighted by Gasteiger charge is 2.32. The maximum atomic E-state index is 4.68.